The number of hydrogen-bond donors (Lipinski definition) is 0. The van der Waals surface area contributed by atoms with Crippen LogP contribution >= 0.6 is 0 Å². The van der Waals surface area contributed by atoms with Crippen molar-refractivity contribution >= 4 is 11.7 Å². The Morgan fingerprint density at radius 3 is 2.58 bits per heavy atom. The number of ether oxygens (including phenoxy) is 2. The molecule has 0 N–H and O–H groups in total. The van der Waals surface area contributed by atoms with Crippen molar-refractivity contribution in [3.8, 4) is 11.8 Å². The number of nitro groups is 1. The first kappa shape index (κ1) is 14.3. The lowest BCUT2D eigenvalue weighted by Crippen LogP contribution is -2.10. The number of nitrogens with zero attached hydrogens (tertiary/aromatic N) is 2. The molecule has 0 saturated carbocycles. The number of esters is 1. The summed E-state index contributed by atoms with van der Waals surface area (Å²) in [5.41, 5.74) is -2.11. The normalized spacial score (nSPS) is 9.84. The van der Waals surface area contributed by atoms with Crippen molar-refractivity contribution in [1.29, 1.82) is 5.26 Å². The van der Waals surface area contributed by atoms with E-state index in [0.29, 0.717) is 0 Å². The summed E-state index contributed by atoms with van der Waals surface area (Å²) in [5, 5.41) is 19.7. The van der Waals surface area contributed by atoms with Gasteiger partial charge in [0.2, 0.25) is 5.75 Å². The van der Waals surface area contributed by atoms with E-state index in [9.17, 15) is 23.7 Å². The van der Waals surface area contributed by atoms with Gasteiger partial charge in [-0.2, -0.15) is 14.0 Å². The molecule has 0 heterocycles. The van der Waals surface area contributed by atoms with Gasteiger partial charge in [-0.15, -0.1) is 0 Å². The lowest BCUT2D eigenvalue weighted by atomic mass is 10.1. The molecule has 0 aliphatic carbocycles. The predicted octanol–water partition coefficient (Wildman–Crippen LogP) is 1.85. The van der Waals surface area contributed by atoms with Crippen molar-refractivity contribution in [2.24, 2.45) is 0 Å². The number of benzene rings is 1. The number of nitriles is 1. The Balaban J connectivity index is 3.53. The number of carbonyl (C=O) groups excluding carboxylic acids is 1. The van der Waals surface area contributed by atoms with Crippen LogP contribution < -0.4 is 4.74 Å². The fourth-order valence-corrected chi connectivity index (χ4v) is 1.34. The van der Waals surface area contributed by atoms with Crippen LogP contribution in [0.5, 0.6) is 5.75 Å². The van der Waals surface area contributed by atoms with Gasteiger partial charge in [0.25, 0.3) is 0 Å². The minimum absolute atomic E-state index is 0.404. The summed E-state index contributed by atoms with van der Waals surface area (Å²) in [6, 6.07) is 3.15. The SMILES string of the molecule is COC(=O)c1ccc(OC(F)F)c([N+](=O)[O-])c1C#N. The second-order valence-electron chi connectivity index (χ2n) is 3.07. The van der Waals surface area contributed by atoms with Gasteiger partial charge in [0, 0.05) is 0 Å². The quantitative estimate of drug-likeness (QED) is 0.470. The largest absolute Gasteiger partial charge is 0.465 e. The minimum Gasteiger partial charge on any atom is -0.465 e. The zero-order valence-electron chi connectivity index (χ0n) is 9.42. The number of alkyl halides is 2. The maximum Gasteiger partial charge on any atom is 0.387 e. The first-order chi connectivity index (χ1) is 8.92. The molecule has 0 spiro atoms. The molecule has 0 saturated heterocycles. The number of methoxy groups -OCH3 is 1. The first-order valence-corrected chi connectivity index (χ1v) is 4.67. The average Bonchev–Trinajstić information content (AvgIpc) is 2.35. The van der Waals surface area contributed by atoms with Crippen molar-refractivity contribution < 1.29 is 28.0 Å². The second kappa shape index (κ2) is 5.72. The Labute approximate surface area is 105 Å². The molecule has 1 rings (SSSR count). The summed E-state index contributed by atoms with van der Waals surface area (Å²) in [6.45, 7) is -3.30. The summed E-state index contributed by atoms with van der Waals surface area (Å²) in [6.07, 6.45) is 0. The monoisotopic (exact) mass is 272 g/mol. The molecule has 19 heavy (non-hydrogen) atoms. The van der Waals surface area contributed by atoms with Gasteiger partial charge in [-0.25, -0.2) is 4.79 Å². The number of rotatable bonds is 4. The fraction of sp³-hybridized carbons (Fsp3) is 0.200. The van der Waals surface area contributed by atoms with Crippen LogP contribution in [0.2, 0.25) is 0 Å². The number of nitro benzene ring substituents is 1. The van der Waals surface area contributed by atoms with Crippen LogP contribution in [0.25, 0.3) is 0 Å². The Hall–Kier alpha value is -2.76. The van der Waals surface area contributed by atoms with Crippen LogP contribution in [-0.4, -0.2) is 24.6 Å². The molecule has 7 nitrogen and oxygen atoms in total. The van der Waals surface area contributed by atoms with Gasteiger partial charge >= 0.3 is 18.3 Å². The molecular weight excluding hydrogens is 266 g/mol. The van der Waals surface area contributed by atoms with E-state index in [-0.39, 0.29) is 0 Å². The lowest BCUT2D eigenvalue weighted by molar-refractivity contribution is -0.386. The molecule has 0 amide bonds. The second-order valence-corrected chi connectivity index (χ2v) is 3.07. The molecule has 0 atom stereocenters. The van der Waals surface area contributed by atoms with Crippen molar-refractivity contribution in [3.63, 3.8) is 0 Å². The Morgan fingerprint density at radius 2 is 2.16 bits per heavy atom. The highest BCUT2D eigenvalue weighted by atomic mass is 19.3. The fourth-order valence-electron chi connectivity index (χ4n) is 1.34. The Bertz CT molecular complexity index is 568. The van der Waals surface area contributed by atoms with E-state index in [1.807, 2.05) is 0 Å². The summed E-state index contributed by atoms with van der Waals surface area (Å²) >= 11 is 0. The van der Waals surface area contributed by atoms with Crippen molar-refractivity contribution in [1.82, 2.24) is 0 Å². The highest BCUT2D eigenvalue weighted by Crippen LogP contribution is 2.34. The molecule has 0 fully saturated rings. The maximum atomic E-state index is 12.1. The topological polar surface area (TPSA) is 102 Å². The molecule has 0 unspecified atom stereocenters. The van der Waals surface area contributed by atoms with Crippen LogP contribution in [0, 0.1) is 21.4 Å². The van der Waals surface area contributed by atoms with E-state index in [1.165, 1.54) is 6.07 Å². The molecule has 1 aromatic carbocycles. The molecule has 1 aromatic rings. The van der Waals surface area contributed by atoms with Crippen molar-refractivity contribution in [3.05, 3.63) is 33.4 Å². The first-order valence-electron chi connectivity index (χ1n) is 4.67. The van der Waals surface area contributed by atoms with Crippen LogP contribution in [-0.2, 0) is 4.74 Å². The molecule has 0 aromatic heterocycles. The van der Waals surface area contributed by atoms with Crippen LogP contribution in [0.4, 0.5) is 14.5 Å². The average molecular weight is 272 g/mol. The summed E-state index contributed by atoms with van der Waals surface area (Å²) in [5.74, 6) is -1.80. The van der Waals surface area contributed by atoms with Gasteiger partial charge in [-0.3, -0.25) is 10.1 Å². The molecule has 0 radical (unpaired) electrons. The molecule has 0 aliphatic heterocycles. The van der Waals surface area contributed by atoms with Crippen LogP contribution in [0.3, 0.4) is 0 Å². The smallest absolute Gasteiger partial charge is 0.387 e. The third-order valence-corrected chi connectivity index (χ3v) is 2.06. The number of halogens is 2. The van der Waals surface area contributed by atoms with Gasteiger partial charge in [0.1, 0.15) is 11.6 Å². The van der Waals surface area contributed by atoms with Gasteiger partial charge in [-0.1, -0.05) is 0 Å². The van der Waals surface area contributed by atoms with E-state index in [2.05, 4.69) is 9.47 Å². The van der Waals surface area contributed by atoms with Gasteiger partial charge < -0.3 is 9.47 Å². The summed E-state index contributed by atoms with van der Waals surface area (Å²) in [4.78, 5) is 21.1. The van der Waals surface area contributed by atoms with Crippen LogP contribution in [0.1, 0.15) is 15.9 Å². The molecular formula is C10H6F2N2O5. The number of carbonyl (C=O) groups is 1. The minimum atomic E-state index is -3.30. The van der Waals surface area contributed by atoms with E-state index < -0.39 is 40.1 Å². The van der Waals surface area contributed by atoms with Crippen molar-refractivity contribution in [2.75, 3.05) is 7.11 Å². The Kier molecular flexibility index (Phi) is 4.31. The zero-order valence-corrected chi connectivity index (χ0v) is 9.42. The molecule has 100 valence electrons. The molecule has 9 heteroatoms. The van der Waals surface area contributed by atoms with Crippen LogP contribution in [0.15, 0.2) is 12.1 Å². The van der Waals surface area contributed by atoms with Crippen molar-refractivity contribution in [2.45, 2.75) is 6.61 Å². The lowest BCUT2D eigenvalue weighted by Gasteiger charge is -2.08. The van der Waals surface area contributed by atoms with Gasteiger partial charge in [0.15, 0.2) is 0 Å². The van der Waals surface area contributed by atoms with Gasteiger partial charge in [0.05, 0.1) is 17.6 Å². The summed E-state index contributed by atoms with van der Waals surface area (Å²) in [7, 11) is 1.01. The van der Waals surface area contributed by atoms with E-state index in [1.54, 1.807) is 0 Å². The molecule has 0 bridgehead atoms. The third-order valence-electron chi connectivity index (χ3n) is 2.06. The van der Waals surface area contributed by atoms with E-state index >= 15 is 0 Å². The predicted molar refractivity (Wildman–Crippen MR) is 55.8 cm³/mol. The standard InChI is InChI=1S/C10H6F2N2O5/c1-18-9(15)5-2-3-7(19-10(11)12)8(14(16)17)6(5)4-13/h2-3,10H,1H3. The van der Waals surface area contributed by atoms with Gasteiger partial charge in [-0.05, 0) is 12.1 Å². The zero-order chi connectivity index (χ0) is 14.6. The Morgan fingerprint density at radius 1 is 1.53 bits per heavy atom. The van der Waals surface area contributed by atoms with E-state index in [0.717, 1.165) is 19.2 Å². The number of hydrogen-bond acceptors (Lipinski definition) is 6. The van der Waals surface area contributed by atoms with E-state index in [4.69, 9.17) is 5.26 Å². The molecule has 0 aliphatic rings. The third kappa shape index (κ3) is 2.92. The summed E-state index contributed by atoms with van der Waals surface area (Å²) < 4.78 is 32.5. The maximum absolute atomic E-state index is 12.1. The highest BCUT2D eigenvalue weighted by molar-refractivity contribution is 5.94. The highest BCUT2D eigenvalue weighted by Gasteiger charge is 2.29.